The van der Waals surface area contributed by atoms with Gasteiger partial charge in [0.2, 0.25) is 5.88 Å². The Hall–Kier alpha value is -2.10. The number of ether oxygens (including phenoxy) is 1. The van der Waals surface area contributed by atoms with Gasteiger partial charge < -0.3 is 30.5 Å². The molecule has 4 rings (SSSR count). The Kier molecular flexibility index (Phi) is 10.9. The molecule has 0 aliphatic carbocycles. The molecule has 1 fully saturated rings. The first-order chi connectivity index (χ1) is 15.5. The van der Waals surface area contributed by atoms with E-state index in [9.17, 15) is 15.0 Å². The highest BCUT2D eigenvalue weighted by molar-refractivity contribution is 5.96. The van der Waals surface area contributed by atoms with Crippen molar-refractivity contribution >= 4 is 36.5 Å². The van der Waals surface area contributed by atoms with Crippen molar-refractivity contribution in [2.24, 2.45) is 0 Å². The molecule has 2 aliphatic heterocycles. The lowest BCUT2D eigenvalue weighted by molar-refractivity contribution is 0.0866. The third-order valence-electron chi connectivity index (χ3n) is 6.21. The number of benzene rings is 1. The summed E-state index contributed by atoms with van der Waals surface area (Å²) in [6.07, 6.45) is 1.14. The summed E-state index contributed by atoms with van der Waals surface area (Å²) in [5.74, 6) is 0.701. The van der Waals surface area contributed by atoms with Crippen LogP contribution in [0.1, 0.15) is 41.3 Å². The van der Waals surface area contributed by atoms with Crippen LogP contribution in [0.2, 0.25) is 0 Å². The molecule has 1 amide bonds. The fourth-order valence-corrected chi connectivity index (χ4v) is 4.31. The van der Waals surface area contributed by atoms with Crippen LogP contribution in [0.25, 0.3) is 0 Å². The number of halogens is 2. The maximum absolute atomic E-state index is 12.8. The summed E-state index contributed by atoms with van der Waals surface area (Å²) in [6.45, 7) is 4.52. The smallest absolute Gasteiger partial charge is 0.256 e. The van der Waals surface area contributed by atoms with Gasteiger partial charge in [-0.25, -0.2) is 0 Å². The van der Waals surface area contributed by atoms with E-state index in [1.807, 2.05) is 25.1 Å². The fourth-order valence-electron chi connectivity index (χ4n) is 4.31. The molecular formula is C24H34Cl2N4O4. The van der Waals surface area contributed by atoms with Gasteiger partial charge in [-0.1, -0.05) is 24.3 Å². The Balaban J connectivity index is 0.00000204. The predicted octanol–water partition coefficient (Wildman–Crippen LogP) is 2.09. The molecule has 2 aromatic rings. The number of hydrogen-bond donors (Lipinski definition) is 4. The topological polar surface area (TPSA) is 107 Å². The summed E-state index contributed by atoms with van der Waals surface area (Å²) in [7, 11) is 0. The molecule has 2 aliphatic rings. The number of nitrogens with one attached hydrogen (secondary N) is 2. The first-order valence-electron chi connectivity index (χ1n) is 11.4. The zero-order chi connectivity index (χ0) is 22.5. The van der Waals surface area contributed by atoms with Crippen LogP contribution < -0.4 is 20.3 Å². The molecule has 2 atom stereocenters. The lowest BCUT2D eigenvalue weighted by atomic mass is 9.93. The molecule has 1 unspecified atom stereocenters. The van der Waals surface area contributed by atoms with Crippen LogP contribution in [0.4, 0.5) is 5.82 Å². The number of nitrogens with zero attached hydrogens (tertiary/aromatic N) is 2. The second-order valence-corrected chi connectivity index (χ2v) is 8.41. The highest BCUT2D eigenvalue weighted by Gasteiger charge is 2.26. The molecule has 1 saturated heterocycles. The fraction of sp³-hybridized carbons (Fsp3) is 0.500. The maximum Gasteiger partial charge on any atom is 0.256 e. The Bertz CT molecular complexity index is 941. The van der Waals surface area contributed by atoms with Crippen molar-refractivity contribution in [2.75, 3.05) is 31.1 Å². The van der Waals surface area contributed by atoms with Gasteiger partial charge in [-0.2, -0.15) is 4.98 Å². The van der Waals surface area contributed by atoms with Gasteiger partial charge in [0.15, 0.2) is 0 Å². The number of piperidine rings is 1. The van der Waals surface area contributed by atoms with Crippen LogP contribution in [0.15, 0.2) is 36.4 Å². The predicted molar refractivity (Wildman–Crippen MR) is 136 cm³/mol. The number of amides is 1. The molecular weight excluding hydrogens is 479 g/mol. The number of aliphatic hydroxyl groups excluding tert-OH is 2. The van der Waals surface area contributed by atoms with E-state index < -0.39 is 6.10 Å². The zero-order valence-corrected chi connectivity index (χ0v) is 20.9. The van der Waals surface area contributed by atoms with Crippen LogP contribution >= 0.6 is 24.8 Å². The number of aliphatic hydroxyl groups is 2. The monoisotopic (exact) mass is 512 g/mol. The lowest BCUT2D eigenvalue weighted by Gasteiger charge is -2.31. The average Bonchev–Trinajstić information content (AvgIpc) is 2.82. The van der Waals surface area contributed by atoms with E-state index >= 15 is 0 Å². The molecule has 34 heavy (non-hydrogen) atoms. The van der Waals surface area contributed by atoms with Crippen LogP contribution in [0, 0.1) is 0 Å². The van der Waals surface area contributed by atoms with E-state index in [0.717, 1.165) is 25.3 Å². The minimum absolute atomic E-state index is 0. The quantitative estimate of drug-likeness (QED) is 0.449. The first-order valence-corrected chi connectivity index (χ1v) is 11.4. The molecule has 3 heterocycles. The van der Waals surface area contributed by atoms with Gasteiger partial charge in [0, 0.05) is 32.2 Å². The molecule has 188 valence electrons. The van der Waals surface area contributed by atoms with Crippen molar-refractivity contribution in [3.63, 3.8) is 0 Å². The number of aromatic nitrogens is 1. The first kappa shape index (κ1) is 28.1. The summed E-state index contributed by atoms with van der Waals surface area (Å²) >= 11 is 0. The van der Waals surface area contributed by atoms with Crippen molar-refractivity contribution in [2.45, 2.75) is 51.0 Å². The van der Waals surface area contributed by atoms with Gasteiger partial charge in [0.1, 0.15) is 11.4 Å². The average molecular weight is 513 g/mol. The van der Waals surface area contributed by atoms with Crippen molar-refractivity contribution < 1.29 is 19.7 Å². The van der Waals surface area contributed by atoms with Gasteiger partial charge in [-0.3, -0.25) is 4.79 Å². The summed E-state index contributed by atoms with van der Waals surface area (Å²) in [5.41, 5.74) is 2.82. The third-order valence-corrected chi connectivity index (χ3v) is 6.21. The van der Waals surface area contributed by atoms with Gasteiger partial charge >= 0.3 is 0 Å². The molecule has 10 heteroatoms. The highest BCUT2D eigenvalue weighted by atomic mass is 35.5. The Morgan fingerprint density at radius 1 is 1.21 bits per heavy atom. The van der Waals surface area contributed by atoms with E-state index in [1.54, 1.807) is 6.07 Å². The summed E-state index contributed by atoms with van der Waals surface area (Å²) in [6, 6.07) is 11.6. The number of fused-ring (bicyclic) bond motifs is 1. The standard InChI is InChI=1S/C24H32N4O4.2ClH/c1-2-32-24-19(7-8-22(27-24)28-11-9-18(29)10-12-28)23(31)26-15-21(30)20-13-16-5-3-4-6-17(16)14-25-20;;/h3-8,18,20-21,25,29-30H,2,9-15H2,1H3,(H,26,31);2*1H/t20-,21?;;/m0../s1. The minimum Gasteiger partial charge on any atom is -0.477 e. The molecule has 1 aromatic carbocycles. The van der Waals surface area contributed by atoms with Crippen molar-refractivity contribution in [3.05, 3.63) is 53.1 Å². The molecule has 0 saturated carbocycles. The maximum atomic E-state index is 12.8. The van der Waals surface area contributed by atoms with E-state index in [1.165, 1.54) is 11.1 Å². The van der Waals surface area contributed by atoms with Crippen LogP contribution in [0.3, 0.4) is 0 Å². The minimum atomic E-state index is -0.713. The number of pyridine rings is 1. The molecule has 8 nitrogen and oxygen atoms in total. The number of rotatable bonds is 7. The molecule has 0 spiro atoms. The number of carbonyl (C=O) groups excluding carboxylic acids is 1. The van der Waals surface area contributed by atoms with Crippen molar-refractivity contribution in [1.82, 2.24) is 15.6 Å². The Morgan fingerprint density at radius 2 is 1.91 bits per heavy atom. The molecule has 0 radical (unpaired) electrons. The SMILES string of the molecule is CCOc1nc(N2CCC(O)CC2)ccc1C(=O)NCC(O)[C@@H]1Cc2ccccc2CN1.Cl.Cl. The number of hydrogen-bond acceptors (Lipinski definition) is 7. The largest absolute Gasteiger partial charge is 0.477 e. The van der Waals surface area contributed by atoms with Crippen molar-refractivity contribution in [1.29, 1.82) is 0 Å². The van der Waals surface area contributed by atoms with Gasteiger partial charge in [-0.15, -0.1) is 24.8 Å². The summed E-state index contributed by atoms with van der Waals surface area (Å²) < 4.78 is 5.65. The van der Waals surface area contributed by atoms with E-state index in [4.69, 9.17) is 4.74 Å². The zero-order valence-electron chi connectivity index (χ0n) is 19.3. The van der Waals surface area contributed by atoms with Gasteiger partial charge in [-0.05, 0) is 49.4 Å². The molecule has 1 aromatic heterocycles. The Labute approximate surface area is 212 Å². The van der Waals surface area contributed by atoms with Crippen molar-refractivity contribution in [3.8, 4) is 5.88 Å². The summed E-state index contributed by atoms with van der Waals surface area (Å²) in [4.78, 5) is 19.5. The van der Waals surface area contributed by atoms with E-state index in [-0.39, 0.29) is 55.3 Å². The van der Waals surface area contributed by atoms with Crippen LogP contribution in [-0.2, 0) is 13.0 Å². The van der Waals surface area contributed by atoms with Crippen LogP contribution in [0.5, 0.6) is 5.88 Å². The normalized spacial score (nSPS) is 18.7. The second kappa shape index (κ2) is 13.1. The number of anilines is 1. The third kappa shape index (κ3) is 6.73. The summed E-state index contributed by atoms with van der Waals surface area (Å²) in [5, 5.41) is 26.6. The van der Waals surface area contributed by atoms with Gasteiger partial charge in [0.05, 0.1) is 18.8 Å². The molecule has 4 N–H and O–H groups in total. The highest BCUT2D eigenvalue weighted by Crippen LogP contribution is 2.24. The van der Waals surface area contributed by atoms with Gasteiger partial charge in [0.25, 0.3) is 5.91 Å². The lowest BCUT2D eigenvalue weighted by Crippen LogP contribution is -2.49. The number of carbonyl (C=O) groups is 1. The second-order valence-electron chi connectivity index (χ2n) is 8.41. The van der Waals surface area contributed by atoms with Crippen LogP contribution in [-0.4, -0.2) is 65.6 Å². The van der Waals surface area contributed by atoms with E-state index in [2.05, 4.69) is 32.7 Å². The Morgan fingerprint density at radius 3 is 2.62 bits per heavy atom. The van der Waals surface area contributed by atoms with E-state index in [0.29, 0.717) is 31.6 Å². The molecule has 0 bridgehead atoms.